The number of nitrogens with zero attached hydrogens (tertiary/aromatic N) is 2. The van der Waals surface area contributed by atoms with Crippen LogP contribution < -0.4 is 4.80 Å². The lowest BCUT2D eigenvalue weighted by Gasteiger charge is -2.05. The minimum Gasteiger partial charge on any atom is -0.468 e. The van der Waals surface area contributed by atoms with Crippen molar-refractivity contribution in [3.63, 3.8) is 0 Å². The third-order valence-electron chi connectivity index (χ3n) is 3.76. The Bertz CT molecular complexity index is 1080. The van der Waals surface area contributed by atoms with Gasteiger partial charge in [0.2, 0.25) is 5.91 Å². The Balaban J connectivity index is 1.87. The predicted octanol–water partition coefficient (Wildman–Crippen LogP) is 4.79. The molecular formula is C19H16Cl2N2O3S2. The molecule has 1 amide bonds. The molecule has 3 rings (SSSR count). The van der Waals surface area contributed by atoms with Crippen LogP contribution in [0.4, 0.5) is 0 Å². The number of thiazole rings is 1. The largest absolute Gasteiger partial charge is 0.468 e. The van der Waals surface area contributed by atoms with Gasteiger partial charge in [0.25, 0.3) is 0 Å². The number of rotatable bonds is 6. The van der Waals surface area contributed by atoms with Crippen LogP contribution >= 0.6 is 46.3 Å². The first-order valence-corrected chi connectivity index (χ1v) is 10.8. The maximum atomic E-state index is 12.4. The van der Waals surface area contributed by atoms with E-state index in [1.165, 1.54) is 18.4 Å². The molecule has 0 radical (unpaired) electrons. The molecule has 5 nitrogen and oxygen atoms in total. The van der Waals surface area contributed by atoms with E-state index in [4.69, 9.17) is 27.9 Å². The van der Waals surface area contributed by atoms with Crippen molar-refractivity contribution in [1.29, 1.82) is 0 Å². The lowest BCUT2D eigenvalue weighted by Crippen LogP contribution is -2.22. The van der Waals surface area contributed by atoms with E-state index in [0.717, 1.165) is 9.60 Å². The standard InChI is InChI=1S/C19H16Cl2N2O3S2/c1-26-17(25)11-23-18-14(21)9-12(20)10-15(18)28-19(23)22-16(24)7-8-27-13-5-3-2-4-6-13/h2-6,9-10H,7-8,11H2,1H3. The highest BCUT2D eigenvalue weighted by molar-refractivity contribution is 7.99. The molecule has 3 aromatic rings. The Morgan fingerprint density at radius 1 is 1.21 bits per heavy atom. The second-order valence-corrected chi connectivity index (χ2v) is 8.72. The van der Waals surface area contributed by atoms with Crippen molar-refractivity contribution in [3.05, 3.63) is 57.3 Å². The molecule has 0 unspecified atom stereocenters. The fraction of sp³-hybridized carbons (Fsp3) is 0.211. The van der Waals surface area contributed by atoms with Crippen molar-refractivity contribution < 1.29 is 14.3 Å². The molecule has 0 aliphatic rings. The molecule has 0 fully saturated rings. The van der Waals surface area contributed by atoms with Gasteiger partial charge < -0.3 is 9.30 Å². The smallest absolute Gasteiger partial charge is 0.325 e. The van der Waals surface area contributed by atoms with Crippen LogP contribution in [0.2, 0.25) is 10.0 Å². The van der Waals surface area contributed by atoms with E-state index in [0.29, 0.717) is 26.1 Å². The topological polar surface area (TPSA) is 60.7 Å². The minimum absolute atomic E-state index is 0.0945. The van der Waals surface area contributed by atoms with Crippen LogP contribution in [0.5, 0.6) is 0 Å². The summed E-state index contributed by atoms with van der Waals surface area (Å²) >= 11 is 15.2. The number of methoxy groups -OCH3 is 1. The first kappa shape index (κ1) is 20.9. The quantitative estimate of drug-likeness (QED) is 0.396. The van der Waals surface area contributed by atoms with Crippen LogP contribution in [-0.4, -0.2) is 29.3 Å². The average molecular weight is 455 g/mol. The Labute approximate surface area is 179 Å². The molecule has 0 aliphatic heterocycles. The maximum Gasteiger partial charge on any atom is 0.325 e. The van der Waals surface area contributed by atoms with Crippen LogP contribution in [0.3, 0.4) is 0 Å². The van der Waals surface area contributed by atoms with Crippen molar-refractivity contribution >= 4 is 68.4 Å². The minimum atomic E-state index is -0.459. The SMILES string of the molecule is COC(=O)Cn1c(=NC(=O)CCSc2ccccc2)sc2cc(Cl)cc(Cl)c21. The predicted molar refractivity (Wildman–Crippen MR) is 114 cm³/mol. The normalized spacial score (nSPS) is 11.8. The monoisotopic (exact) mass is 454 g/mol. The number of ether oxygens (including phenoxy) is 1. The van der Waals surface area contributed by atoms with Crippen LogP contribution in [0.15, 0.2) is 52.4 Å². The van der Waals surface area contributed by atoms with E-state index >= 15 is 0 Å². The molecule has 0 bridgehead atoms. The van der Waals surface area contributed by atoms with Gasteiger partial charge >= 0.3 is 5.97 Å². The lowest BCUT2D eigenvalue weighted by atomic mass is 10.3. The van der Waals surface area contributed by atoms with Crippen LogP contribution in [0.1, 0.15) is 6.42 Å². The van der Waals surface area contributed by atoms with Gasteiger partial charge in [0.15, 0.2) is 4.80 Å². The van der Waals surface area contributed by atoms with Crippen LogP contribution in [0, 0.1) is 0 Å². The third kappa shape index (κ3) is 5.17. The Morgan fingerprint density at radius 3 is 2.68 bits per heavy atom. The van der Waals surface area contributed by atoms with Gasteiger partial charge in [0.1, 0.15) is 6.54 Å². The molecule has 28 heavy (non-hydrogen) atoms. The van der Waals surface area contributed by atoms with Gasteiger partial charge in [-0.25, -0.2) is 0 Å². The molecule has 0 spiro atoms. The molecule has 146 valence electrons. The van der Waals surface area contributed by atoms with E-state index in [-0.39, 0.29) is 18.9 Å². The highest BCUT2D eigenvalue weighted by Crippen LogP contribution is 2.29. The highest BCUT2D eigenvalue weighted by Gasteiger charge is 2.15. The van der Waals surface area contributed by atoms with Crippen LogP contribution in [-0.2, 0) is 20.9 Å². The van der Waals surface area contributed by atoms with Crippen molar-refractivity contribution in [2.75, 3.05) is 12.9 Å². The highest BCUT2D eigenvalue weighted by atomic mass is 35.5. The first-order valence-electron chi connectivity index (χ1n) is 8.28. The molecule has 0 saturated carbocycles. The first-order chi connectivity index (χ1) is 13.5. The molecular weight excluding hydrogens is 439 g/mol. The second kappa shape index (κ2) is 9.60. The molecule has 1 aromatic heterocycles. The number of esters is 1. The van der Waals surface area contributed by atoms with Gasteiger partial charge in [-0.3, -0.25) is 9.59 Å². The van der Waals surface area contributed by atoms with Gasteiger partial charge in [-0.15, -0.1) is 11.8 Å². The van der Waals surface area contributed by atoms with E-state index in [1.807, 2.05) is 30.3 Å². The summed E-state index contributed by atoms with van der Waals surface area (Å²) in [7, 11) is 1.30. The van der Waals surface area contributed by atoms with E-state index in [9.17, 15) is 9.59 Å². The van der Waals surface area contributed by atoms with Gasteiger partial charge in [-0.05, 0) is 24.3 Å². The fourth-order valence-corrected chi connectivity index (χ4v) is 5.18. The Hall–Kier alpha value is -1.80. The van der Waals surface area contributed by atoms with Crippen LogP contribution in [0.25, 0.3) is 10.2 Å². The number of fused-ring (bicyclic) bond motifs is 1. The number of hydrogen-bond donors (Lipinski definition) is 0. The summed E-state index contributed by atoms with van der Waals surface area (Å²) in [5, 5.41) is 0.859. The number of carbonyl (C=O) groups excluding carboxylic acids is 2. The number of hydrogen-bond acceptors (Lipinski definition) is 5. The summed E-state index contributed by atoms with van der Waals surface area (Å²) in [4.78, 5) is 29.9. The molecule has 0 atom stereocenters. The molecule has 0 N–H and O–H groups in total. The van der Waals surface area contributed by atoms with Gasteiger partial charge in [-0.1, -0.05) is 52.7 Å². The Morgan fingerprint density at radius 2 is 1.96 bits per heavy atom. The zero-order valence-electron chi connectivity index (χ0n) is 14.9. The molecule has 2 aromatic carbocycles. The number of amides is 1. The number of thioether (sulfide) groups is 1. The zero-order valence-corrected chi connectivity index (χ0v) is 18.0. The molecule has 0 saturated heterocycles. The average Bonchev–Trinajstić information content (AvgIpc) is 2.99. The lowest BCUT2D eigenvalue weighted by molar-refractivity contribution is -0.141. The fourth-order valence-electron chi connectivity index (χ4n) is 2.49. The zero-order chi connectivity index (χ0) is 20.1. The van der Waals surface area contributed by atoms with E-state index < -0.39 is 5.97 Å². The number of carbonyl (C=O) groups is 2. The maximum absolute atomic E-state index is 12.4. The third-order valence-corrected chi connectivity index (χ3v) is 6.30. The second-order valence-electron chi connectivity index (χ2n) is 5.70. The van der Waals surface area contributed by atoms with E-state index in [1.54, 1.807) is 28.5 Å². The van der Waals surface area contributed by atoms with Crippen molar-refractivity contribution in [2.45, 2.75) is 17.9 Å². The number of benzene rings is 2. The molecule has 0 aliphatic carbocycles. The summed E-state index contributed by atoms with van der Waals surface area (Å²) < 4.78 is 7.09. The summed E-state index contributed by atoms with van der Waals surface area (Å²) in [5.74, 6) is -0.115. The van der Waals surface area contributed by atoms with Crippen molar-refractivity contribution in [2.24, 2.45) is 4.99 Å². The molecule has 9 heteroatoms. The molecule has 1 heterocycles. The van der Waals surface area contributed by atoms with Gasteiger partial charge in [0.05, 0.1) is 22.3 Å². The van der Waals surface area contributed by atoms with Crippen molar-refractivity contribution in [1.82, 2.24) is 4.57 Å². The Kier molecular flexibility index (Phi) is 7.18. The summed E-state index contributed by atoms with van der Waals surface area (Å²) in [6, 6.07) is 13.2. The number of aromatic nitrogens is 1. The van der Waals surface area contributed by atoms with Gasteiger partial charge in [-0.2, -0.15) is 4.99 Å². The summed E-state index contributed by atoms with van der Waals surface area (Å²) in [6.07, 6.45) is 0.278. The number of halogens is 2. The van der Waals surface area contributed by atoms with Gasteiger partial charge in [0, 0.05) is 22.1 Å². The summed E-state index contributed by atoms with van der Waals surface area (Å²) in [6.45, 7) is -0.0945. The van der Waals surface area contributed by atoms with Crippen molar-refractivity contribution in [3.8, 4) is 0 Å². The van der Waals surface area contributed by atoms with E-state index in [2.05, 4.69) is 4.99 Å². The summed E-state index contributed by atoms with van der Waals surface area (Å²) in [5.41, 5.74) is 0.603.